The van der Waals surface area contributed by atoms with Gasteiger partial charge in [-0.25, -0.2) is 0 Å². The number of aryl methyl sites for hydroxylation is 1. The molecule has 2 unspecified atom stereocenters. The third kappa shape index (κ3) is 5.48. The Bertz CT molecular complexity index is 420. The van der Waals surface area contributed by atoms with Gasteiger partial charge in [0.1, 0.15) is 0 Å². The Morgan fingerprint density at radius 1 is 1.00 bits per heavy atom. The van der Waals surface area contributed by atoms with E-state index in [1.807, 2.05) is 0 Å². The van der Waals surface area contributed by atoms with Crippen molar-refractivity contribution in [3.8, 4) is 0 Å². The van der Waals surface area contributed by atoms with Crippen LogP contribution in [0.5, 0.6) is 0 Å². The molecule has 1 aromatic rings. The maximum absolute atomic E-state index is 8.39. The highest BCUT2D eigenvalue weighted by Crippen LogP contribution is 2.23. The van der Waals surface area contributed by atoms with E-state index in [0.717, 1.165) is 36.0 Å². The minimum Gasteiger partial charge on any atom is -0.305 e. The van der Waals surface area contributed by atoms with Crippen molar-refractivity contribution < 1.29 is 0 Å². The second kappa shape index (κ2) is 8.24. The Morgan fingerprint density at radius 2 is 1.65 bits per heavy atom. The lowest BCUT2D eigenvalue weighted by Crippen LogP contribution is -2.12. The van der Waals surface area contributed by atoms with E-state index in [0.29, 0.717) is 5.92 Å². The van der Waals surface area contributed by atoms with E-state index in [4.69, 9.17) is 5.41 Å². The van der Waals surface area contributed by atoms with Crippen molar-refractivity contribution in [2.24, 2.45) is 17.8 Å². The van der Waals surface area contributed by atoms with Gasteiger partial charge in [-0.15, -0.1) is 0 Å². The zero-order valence-electron chi connectivity index (χ0n) is 13.9. The topological polar surface area (TPSA) is 23.9 Å². The Balaban J connectivity index is 2.57. The molecule has 0 aliphatic rings. The molecule has 0 aliphatic heterocycles. The van der Waals surface area contributed by atoms with Crippen molar-refractivity contribution in [3.05, 3.63) is 35.4 Å². The zero-order chi connectivity index (χ0) is 15.1. The first-order valence-corrected chi connectivity index (χ1v) is 8.09. The third-order valence-electron chi connectivity index (χ3n) is 3.95. The summed E-state index contributed by atoms with van der Waals surface area (Å²) in [4.78, 5) is 0. The Kier molecular flexibility index (Phi) is 6.98. The summed E-state index contributed by atoms with van der Waals surface area (Å²) in [5.74, 6) is 2.14. The molecule has 1 nitrogen and oxygen atoms in total. The van der Waals surface area contributed by atoms with Crippen LogP contribution in [0.2, 0.25) is 0 Å². The van der Waals surface area contributed by atoms with E-state index in [1.54, 1.807) is 0 Å². The molecule has 1 rings (SSSR count). The van der Waals surface area contributed by atoms with E-state index < -0.39 is 0 Å². The van der Waals surface area contributed by atoms with Gasteiger partial charge in [-0.05, 0) is 54.6 Å². The fraction of sp³-hybridized carbons (Fsp3) is 0.632. The SMILES string of the molecule is CCc1ccccc1C(=N)CC(C)CC(C)CC(C)C. The van der Waals surface area contributed by atoms with Crippen LogP contribution >= 0.6 is 0 Å². The first kappa shape index (κ1) is 16.9. The van der Waals surface area contributed by atoms with Crippen LogP contribution < -0.4 is 0 Å². The average Bonchev–Trinajstić information content (AvgIpc) is 2.37. The molecule has 0 bridgehead atoms. The van der Waals surface area contributed by atoms with Gasteiger partial charge < -0.3 is 5.41 Å². The fourth-order valence-electron chi connectivity index (χ4n) is 3.25. The van der Waals surface area contributed by atoms with Crippen LogP contribution in [-0.2, 0) is 6.42 Å². The molecule has 0 amide bonds. The van der Waals surface area contributed by atoms with Crippen LogP contribution in [0.25, 0.3) is 0 Å². The molecule has 112 valence electrons. The van der Waals surface area contributed by atoms with Crippen LogP contribution in [-0.4, -0.2) is 5.71 Å². The van der Waals surface area contributed by atoms with E-state index in [-0.39, 0.29) is 0 Å². The second-order valence-corrected chi connectivity index (χ2v) is 6.77. The van der Waals surface area contributed by atoms with Crippen LogP contribution in [0.3, 0.4) is 0 Å². The number of benzene rings is 1. The van der Waals surface area contributed by atoms with Gasteiger partial charge in [0.15, 0.2) is 0 Å². The Morgan fingerprint density at radius 3 is 2.25 bits per heavy atom. The smallest absolute Gasteiger partial charge is 0.0391 e. The summed E-state index contributed by atoms with van der Waals surface area (Å²) in [5.41, 5.74) is 3.27. The lowest BCUT2D eigenvalue weighted by Gasteiger charge is -2.20. The molecule has 1 aromatic carbocycles. The largest absolute Gasteiger partial charge is 0.305 e. The van der Waals surface area contributed by atoms with Crippen molar-refractivity contribution in [3.63, 3.8) is 0 Å². The quantitative estimate of drug-likeness (QED) is 0.586. The molecular formula is C19H31N. The van der Waals surface area contributed by atoms with Gasteiger partial charge in [0, 0.05) is 5.71 Å². The van der Waals surface area contributed by atoms with Crippen LogP contribution in [0.4, 0.5) is 0 Å². The summed E-state index contributed by atoms with van der Waals surface area (Å²) in [6.07, 6.45) is 4.44. The summed E-state index contributed by atoms with van der Waals surface area (Å²) in [6.45, 7) is 11.4. The fourth-order valence-corrected chi connectivity index (χ4v) is 3.25. The van der Waals surface area contributed by atoms with E-state index in [1.165, 1.54) is 18.4 Å². The maximum Gasteiger partial charge on any atom is 0.0391 e. The lowest BCUT2D eigenvalue weighted by molar-refractivity contribution is 0.360. The molecule has 1 heteroatoms. The van der Waals surface area contributed by atoms with Gasteiger partial charge in [0.05, 0.1) is 0 Å². The monoisotopic (exact) mass is 273 g/mol. The molecule has 0 saturated heterocycles. The number of nitrogens with one attached hydrogen (secondary N) is 1. The van der Waals surface area contributed by atoms with Crippen molar-refractivity contribution in [1.82, 2.24) is 0 Å². The zero-order valence-corrected chi connectivity index (χ0v) is 13.9. The molecule has 0 fully saturated rings. The lowest BCUT2D eigenvalue weighted by atomic mass is 9.86. The third-order valence-corrected chi connectivity index (χ3v) is 3.95. The van der Waals surface area contributed by atoms with Gasteiger partial charge in [-0.1, -0.05) is 58.9 Å². The first-order chi connectivity index (χ1) is 9.43. The molecule has 0 aromatic heterocycles. The van der Waals surface area contributed by atoms with Crippen LogP contribution in [0.15, 0.2) is 24.3 Å². The van der Waals surface area contributed by atoms with E-state index in [2.05, 4.69) is 58.9 Å². The maximum atomic E-state index is 8.39. The molecule has 0 heterocycles. The van der Waals surface area contributed by atoms with Crippen molar-refractivity contribution >= 4 is 5.71 Å². The van der Waals surface area contributed by atoms with Crippen molar-refractivity contribution in [1.29, 1.82) is 5.41 Å². The number of rotatable bonds is 8. The van der Waals surface area contributed by atoms with Gasteiger partial charge >= 0.3 is 0 Å². The molecule has 0 radical (unpaired) electrons. The highest BCUT2D eigenvalue weighted by atomic mass is 14.4. The first-order valence-electron chi connectivity index (χ1n) is 8.09. The summed E-state index contributed by atoms with van der Waals surface area (Å²) >= 11 is 0. The highest BCUT2D eigenvalue weighted by molar-refractivity contribution is 5.99. The standard InChI is InChI=1S/C19H31N/c1-6-17-9-7-8-10-18(17)19(20)13-16(5)12-15(4)11-14(2)3/h7-10,14-16,20H,6,11-13H2,1-5H3. The normalized spacial score (nSPS) is 14.3. The molecule has 2 atom stereocenters. The van der Waals surface area contributed by atoms with Crippen molar-refractivity contribution in [2.75, 3.05) is 0 Å². The molecule has 20 heavy (non-hydrogen) atoms. The average molecular weight is 273 g/mol. The van der Waals surface area contributed by atoms with Crippen LogP contribution in [0, 0.1) is 23.2 Å². The minimum atomic E-state index is 0.598. The second-order valence-electron chi connectivity index (χ2n) is 6.77. The van der Waals surface area contributed by atoms with E-state index >= 15 is 0 Å². The van der Waals surface area contributed by atoms with Gasteiger partial charge in [-0.2, -0.15) is 0 Å². The molecule has 0 saturated carbocycles. The summed E-state index contributed by atoms with van der Waals surface area (Å²) in [7, 11) is 0. The minimum absolute atomic E-state index is 0.598. The van der Waals surface area contributed by atoms with Gasteiger partial charge in [-0.3, -0.25) is 0 Å². The van der Waals surface area contributed by atoms with Gasteiger partial charge in [0.2, 0.25) is 0 Å². The summed E-state index contributed by atoms with van der Waals surface area (Å²) < 4.78 is 0. The Labute approximate surface area is 125 Å². The summed E-state index contributed by atoms with van der Waals surface area (Å²) in [6, 6.07) is 8.38. The summed E-state index contributed by atoms with van der Waals surface area (Å²) in [5, 5.41) is 8.39. The molecular weight excluding hydrogens is 242 g/mol. The Hall–Kier alpha value is -1.11. The molecule has 0 spiro atoms. The molecule has 1 N–H and O–H groups in total. The number of hydrogen-bond donors (Lipinski definition) is 1. The predicted molar refractivity (Wildman–Crippen MR) is 89.7 cm³/mol. The van der Waals surface area contributed by atoms with Gasteiger partial charge in [0.25, 0.3) is 0 Å². The van der Waals surface area contributed by atoms with E-state index in [9.17, 15) is 0 Å². The number of hydrogen-bond acceptors (Lipinski definition) is 1. The highest BCUT2D eigenvalue weighted by Gasteiger charge is 2.14. The molecule has 0 aliphatic carbocycles. The predicted octanol–water partition coefficient (Wildman–Crippen LogP) is 5.72. The van der Waals surface area contributed by atoms with Crippen LogP contribution in [0.1, 0.15) is 65.0 Å². The van der Waals surface area contributed by atoms with Crippen molar-refractivity contribution in [2.45, 2.75) is 60.3 Å².